The molecule has 1 aliphatic rings. The fourth-order valence-corrected chi connectivity index (χ4v) is 1.10. The lowest BCUT2D eigenvalue weighted by Gasteiger charge is -2.21. The van der Waals surface area contributed by atoms with Crippen molar-refractivity contribution in [1.82, 2.24) is 5.32 Å². The van der Waals surface area contributed by atoms with Gasteiger partial charge in [-0.1, -0.05) is 13.8 Å². The predicted molar refractivity (Wildman–Crippen MR) is 35.9 cm³/mol. The van der Waals surface area contributed by atoms with E-state index >= 15 is 0 Å². The number of rotatable bonds is 0. The van der Waals surface area contributed by atoms with E-state index in [4.69, 9.17) is 0 Å². The third kappa shape index (κ3) is 0.873. The summed E-state index contributed by atoms with van der Waals surface area (Å²) in [5.41, 5.74) is 0.542. The van der Waals surface area contributed by atoms with E-state index in [1.54, 1.807) is 0 Å². The quantitative estimate of drug-likeness (QED) is 0.500. The molecule has 1 heteroatoms. The summed E-state index contributed by atoms with van der Waals surface area (Å²) in [6.07, 6.45) is 1.33. The molecule has 0 saturated carbocycles. The summed E-state index contributed by atoms with van der Waals surface area (Å²) in [5, 5.41) is 3.41. The van der Waals surface area contributed by atoms with Crippen LogP contribution in [0.2, 0.25) is 0 Å². The number of nitrogens with one attached hydrogen (secondary N) is 1. The van der Waals surface area contributed by atoms with Crippen molar-refractivity contribution >= 4 is 0 Å². The first-order valence-corrected chi connectivity index (χ1v) is 3.36. The molecule has 1 heterocycles. The van der Waals surface area contributed by atoms with E-state index in [2.05, 4.69) is 26.1 Å². The summed E-state index contributed by atoms with van der Waals surface area (Å²) < 4.78 is 0. The van der Waals surface area contributed by atoms with Crippen molar-refractivity contribution in [2.45, 2.75) is 33.2 Å². The molecule has 0 spiro atoms. The average molecular weight is 113 g/mol. The Bertz CT molecular complexity index is 86.4. The highest BCUT2D eigenvalue weighted by atomic mass is 15.0. The average Bonchev–Trinajstić information content (AvgIpc) is 1.86. The molecular formula is C7H15N. The van der Waals surface area contributed by atoms with Gasteiger partial charge in [0.15, 0.2) is 0 Å². The Kier molecular flexibility index (Phi) is 1.31. The molecule has 1 saturated heterocycles. The summed E-state index contributed by atoms with van der Waals surface area (Å²) in [4.78, 5) is 0. The molecule has 1 fully saturated rings. The van der Waals surface area contributed by atoms with Crippen molar-refractivity contribution in [3.05, 3.63) is 0 Å². The van der Waals surface area contributed by atoms with Crippen molar-refractivity contribution in [1.29, 1.82) is 0 Å². The molecule has 0 unspecified atom stereocenters. The highest BCUT2D eigenvalue weighted by Crippen LogP contribution is 2.28. The minimum Gasteiger partial charge on any atom is -0.314 e. The zero-order valence-electron chi connectivity index (χ0n) is 5.99. The molecule has 8 heavy (non-hydrogen) atoms. The highest BCUT2D eigenvalue weighted by molar-refractivity contribution is 4.87. The Balaban J connectivity index is 2.54. The van der Waals surface area contributed by atoms with Gasteiger partial charge in [-0.2, -0.15) is 0 Å². The van der Waals surface area contributed by atoms with E-state index in [9.17, 15) is 0 Å². The van der Waals surface area contributed by atoms with Crippen LogP contribution in [-0.2, 0) is 0 Å². The second-order valence-corrected chi connectivity index (χ2v) is 3.41. The van der Waals surface area contributed by atoms with Crippen molar-refractivity contribution in [2.75, 3.05) is 6.54 Å². The predicted octanol–water partition coefficient (Wildman–Crippen LogP) is 1.39. The van der Waals surface area contributed by atoms with E-state index in [1.165, 1.54) is 13.0 Å². The Labute approximate surface area is 51.5 Å². The lowest BCUT2D eigenvalue weighted by atomic mass is 9.86. The van der Waals surface area contributed by atoms with Crippen LogP contribution < -0.4 is 5.32 Å². The van der Waals surface area contributed by atoms with Gasteiger partial charge in [0.2, 0.25) is 0 Å². The zero-order chi connectivity index (χ0) is 6.20. The van der Waals surface area contributed by atoms with Crippen LogP contribution in [0.25, 0.3) is 0 Å². The number of hydrogen-bond donors (Lipinski definition) is 1. The lowest BCUT2D eigenvalue weighted by Crippen LogP contribution is -2.28. The van der Waals surface area contributed by atoms with Gasteiger partial charge in [0, 0.05) is 6.04 Å². The molecule has 0 bridgehead atoms. The van der Waals surface area contributed by atoms with Crippen LogP contribution in [0.3, 0.4) is 0 Å². The molecule has 0 aromatic rings. The third-order valence-electron chi connectivity index (χ3n) is 2.39. The van der Waals surface area contributed by atoms with Crippen LogP contribution in [0.4, 0.5) is 0 Å². The zero-order valence-corrected chi connectivity index (χ0v) is 5.99. The summed E-state index contributed by atoms with van der Waals surface area (Å²) >= 11 is 0. The second-order valence-electron chi connectivity index (χ2n) is 3.41. The smallest absolute Gasteiger partial charge is 0.00903 e. The Morgan fingerprint density at radius 1 is 1.50 bits per heavy atom. The van der Waals surface area contributed by atoms with E-state index in [-0.39, 0.29) is 0 Å². The van der Waals surface area contributed by atoms with Crippen LogP contribution >= 0.6 is 0 Å². The maximum Gasteiger partial charge on any atom is 0.00903 e. The van der Waals surface area contributed by atoms with Gasteiger partial charge < -0.3 is 5.32 Å². The molecule has 0 amide bonds. The summed E-state index contributed by atoms with van der Waals surface area (Å²) in [7, 11) is 0. The van der Waals surface area contributed by atoms with Crippen molar-refractivity contribution < 1.29 is 0 Å². The third-order valence-corrected chi connectivity index (χ3v) is 2.39. The molecule has 1 N–H and O–H groups in total. The molecule has 1 rings (SSSR count). The van der Waals surface area contributed by atoms with E-state index in [0.29, 0.717) is 11.5 Å². The van der Waals surface area contributed by atoms with Crippen LogP contribution in [0.5, 0.6) is 0 Å². The largest absolute Gasteiger partial charge is 0.314 e. The van der Waals surface area contributed by atoms with Gasteiger partial charge in [-0.05, 0) is 25.3 Å². The van der Waals surface area contributed by atoms with Crippen molar-refractivity contribution in [3.63, 3.8) is 0 Å². The SMILES string of the molecule is C[C@H]1NCCC1(C)C. The van der Waals surface area contributed by atoms with Gasteiger partial charge >= 0.3 is 0 Å². The Hall–Kier alpha value is -0.0400. The monoisotopic (exact) mass is 113 g/mol. The van der Waals surface area contributed by atoms with Crippen LogP contribution in [-0.4, -0.2) is 12.6 Å². The van der Waals surface area contributed by atoms with Crippen LogP contribution in [0.15, 0.2) is 0 Å². The minimum atomic E-state index is 0.542. The Morgan fingerprint density at radius 2 is 2.12 bits per heavy atom. The summed E-state index contributed by atoms with van der Waals surface area (Å²) in [5.74, 6) is 0. The molecule has 1 atom stereocenters. The van der Waals surface area contributed by atoms with Crippen LogP contribution in [0, 0.1) is 5.41 Å². The van der Waals surface area contributed by atoms with Gasteiger partial charge in [-0.3, -0.25) is 0 Å². The fourth-order valence-electron chi connectivity index (χ4n) is 1.10. The second kappa shape index (κ2) is 1.73. The summed E-state index contributed by atoms with van der Waals surface area (Å²) in [6, 6.07) is 0.711. The van der Waals surface area contributed by atoms with Gasteiger partial charge in [-0.15, -0.1) is 0 Å². The highest BCUT2D eigenvalue weighted by Gasteiger charge is 2.29. The fraction of sp³-hybridized carbons (Fsp3) is 1.00. The van der Waals surface area contributed by atoms with E-state index < -0.39 is 0 Å². The molecule has 48 valence electrons. The molecule has 0 aliphatic carbocycles. The first-order chi connectivity index (χ1) is 3.63. The van der Waals surface area contributed by atoms with Gasteiger partial charge in [0.25, 0.3) is 0 Å². The minimum absolute atomic E-state index is 0.542. The van der Waals surface area contributed by atoms with Crippen LogP contribution in [0.1, 0.15) is 27.2 Å². The summed E-state index contributed by atoms with van der Waals surface area (Å²) in [6.45, 7) is 8.09. The maximum atomic E-state index is 3.41. The maximum absolute atomic E-state index is 3.41. The van der Waals surface area contributed by atoms with E-state index in [0.717, 1.165) is 0 Å². The topological polar surface area (TPSA) is 12.0 Å². The normalized spacial score (nSPS) is 35.6. The number of hydrogen-bond acceptors (Lipinski definition) is 1. The Morgan fingerprint density at radius 3 is 2.25 bits per heavy atom. The molecule has 0 aromatic carbocycles. The van der Waals surface area contributed by atoms with Gasteiger partial charge in [0.05, 0.1) is 0 Å². The molecule has 0 radical (unpaired) electrons. The van der Waals surface area contributed by atoms with Crippen molar-refractivity contribution in [2.24, 2.45) is 5.41 Å². The molecule has 0 aromatic heterocycles. The molecular weight excluding hydrogens is 98.1 g/mol. The first kappa shape index (κ1) is 6.09. The van der Waals surface area contributed by atoms with E-state index in [1.807, 2.05) is 0 Å². The standard InChI is InChI=1S/C7H15N/c1-6-7(2,3)4-5-8-6/h6,8H,4-5H2,1-3H3/t6-/m1/s1. The van der Waals surface area contributed by atoms with Gasteiger partial charge in [-0.25, -0.2) is 0 Å². The molecule has 1 aliphatic heterocycles. The first-order valence-electron chi connectivity index (χ1n) is 3.36. The van der Waals surface area contributed by atoms with Gasteiger partial charge in [0.1, 0.15) is 0 Å². The lowest BCUT2D eigenvalue weighted by molar-refractivity contribution is 0.332. The van der Waals surface area contributed by atoms with Crippen molar-refractivity contribution in [3.8, 4) is 0 Å². The molecule has 1 nitrogen and oxygen atoms in total.